The summed E-state index contributed by atoms with van der Waals surface area (Å²) in [5.74, 6) is 2.25. The molecule has 1 aliphatic carbocycles. The van der Waals surface area contributed by atoms with Gasteiger partial charge in [-0.15, -0.1) is 11.8 Å². The van der Waals surface area contributed by atoms with Crippen LogP contribution in [0.4, 0.5) is 0 Å². The Morgan fingerprint density at radius 3 is 2.95 bits per heavy atom. The maximum Gasteiger partial charge on any atom is 0.175 e. The molecule has 3 nitrogen and oxygen atoms in total. The van der Waals surface area contributed by atoms with Crippen molar-refractivity contribution in [2.75, 3.05) is 7.11 Å². The van der Waals surface area contributed by atoms with Gasteiger partial charge in [0.25, 0.3) is 0 Å². The fraction of sp³-hybridized carbons (Fsp3) is 0.375. The van der Waals surface area contributed by atoms with Gasteiger partial charge in [0.1, 0.15) is 11.9 Å². The predicted octanol–water partition coefficient (Wildman–Crippen LogP) is 3.95. The molecule has 0 saturated carbocycles. The SMILES string of the molecule is COc1cccc2c1O[C@@H](C1C=CC(O)=CC1)[C@H](C)S2. The van der Waals surface area contributed by atoms with Gasteiger partial charge in [0.2, 0.25) is 0 Å². The van der Waals surface area contributed by atoms with E-state index in [4.69, 9.17) is 9.47 Å². The number of aliphatic hydroxyl groups excluding tert-OH is 1. The van der Waals surface area contributed by atoms with Gasteiger partial charge >= 0.3 is 0 Å². The molecule has 2 aliphatic rings. The van der Waals surface area contributed by atoms with Gasteiger partial charge in [0.15, 0.2) is 11.5 Å². The average molecular weight is 290 g/mol. The lowest BCUT2D eigenvalue weighted by Crippen LogP contribution is -2.37. The molecule has 1 aliphatic heterocycles. The summed E-state index contributed by atoms with van der Waals surface area (Å²) in [5.41, 5.74) is 0. The first-order valence-corrected chi connectivity index (χ1v) is 7.64. The van der Waals surface area contributed by atoms with Crippen LogP contribution in [-0.4, -0.2) is 23.6 Å². The van der Waals surface area contributed by atoms with Crippen LogP contribution < -0.4 is 9.47 Å². The summed E-state index contributed by atoms with van der Waals surface area (Å²) < 4.78 is 11.6. The maximum atomic E-state index is 9.44. The second-order valence-corrected chi connectivity index (χ2v) is 6.50. The highest BCUT2D eigenvalue weighted by Gasteiger charge is 2.34. The Morgan fingerprint density at radius 2 is 2.25 bits per heavy atom. The number of ether oxygens (including phenoxy) is 2. The molecule has 3 atom stereocenters. The first-order valence-electron chi connectivity index (χ1n) is 6.76. The monoisotopic (exact) mass is 290 g/mol. The Hall–Kier alpha value is -1.55. The summed E-state index contributed by atoms with van der Waals surface area (Å²) in [6.07, 6.45) is 6.54. The molecule has 3 rings (SSSR count). The van der Waals surface area contributed by atoms with E-state index in [1.807, 2.05) is 36.0 Å². The molecule has 1 N–H and O–H groups in total. The van der Waals surface area contributed by atoms with Crippen LogP contribution in [0, 0.1) is 5.92 Å². The molecule has 0 amide bonds. The van der Waals surface area contributed by atoms with Crippen molar-refractivity contribution < 1.29 is 14.6 Å². The number of benzene rings is 1. The highest BCUT2D eigenvalue weighted by Crippen LogP contribution is 2.47. The molecule has 0 spiro atoms. The fourth-order valence-electron chi connectivity index (χ4n) is 2.67. The van der Waals surface area contributed by atoms with E-state index in [0.29, 0.717) is 11.0 Å². The van der Waals surface area contributed by atoms with Crippen molar-refractivity contribution in [3.63, 3.8) is 0 Å². The molecule has 20 heavy (non-hydrogen) atoms. The molecule has 1 aromatic rings. The number of rotatable bonds is 2. The van der Waals surface area contributed by atoms with Crippen LogP contribution in [0.15, 0.2) is 47.1 Å². The van der Waals surface area contributed by atoms with Gasteiger partial charge in [0.05, 0.1) is 12.0 Å². The fourth-order valence-corrected chi connectivity index (χ4v) is 3.87. The Kier molecular flexibility index (Phi) is 3.66. The third kappa shape index (κ3) is 2.40. The summed E-state index contributed by atoms with van der Waals surface area (Å²) in [4.78, 5) is 1.13. The van der Waals surface area contributed by atoms with Crippen molar-refractivity contribution in [3.8, 4) is 11.5 Å². The van der Waals surface area contributed by atoms with Crippen LogP contribution >= 0.6 is 11.8 Å². The largest absolute Gasteiger partial charge is 0.508 e. The number of fused-ring (bicyclic) bond motifs is 1. The molecule has 1 unspecified atom stereocenters. The Balaban J connectivity index is 1.87. The Morgan fingerprint density at radius 1 is 1.40 bits per heavy atom. The Bertz CT molecular complexity index is 565. The van der Waals surface area contributed by atoms with E-state index >= 15 is 0 Å². The molecule has 0 radical (unpaired) electrons. The van der Waals surface area contributed by atoms with Crippen LogP contribution in [-0.2, 0) is 0 Å². The Labute approximate surface area is 123 Å². The van der Waals surface area contributed by atoms with Crippen molar-refractivity contribution in [2.45, 2.75) is 29.6 Å². The number of aliphatic hydroxyl groups is 1. The summed E-state index contributed by atoms with van der Waals surface area (Å²) in [5, 5.41) is 9.80. The molecule has 0 aromatic heterocycles. The molecule has 0 saturated heterocycles. The van der Waals surface area contributed by atoms with Crippen molar-refractivity contribution in [1.29, 1.82) is 0 Å². The van der Waals surface area contributed by atoms with E-state index in [-0.39, 0.29) is 12.0 Å². The molecule has 1 heterocycles. The molecule has 1 aromatic carbocycles. The lowest BCUT2D eigenvalue weighted by Gasteiger charge is -2.36. The summed E-state index contributed by atoms with van der Waals surface area (Å²) in [6, 6.07) is 5.98. The van der Waals surface area contributed by atoms with Crippen molar-refractivity contribution in [3.05, 3.63) is 42.2 Å². The normalized spacial score (nSPS) is 28.3. The van der Waals surface area contributed by atoms with E-state index in [9.17, 15) is 5.11 Å². The molecular formula is C16H18O3S. The second-order valence-electron chi connectivity index (χ2n) is 5.08. The van der Waals surface area contributed by atoms with Crippen molar-refractivity contribution in [2.24, 2.45) is 5.92 Å². The topological polar surface area (TPSA) is 38.7 Å². The minimum Gasteiger partial charge on any atom is -0.508 e. The van der Waals surface area contributed by atoms with E-state index in [1.165, 1.54) is 0 Å². The predicted molar refractivity (Wildman–Crippen MR) is 80.7 cm³/mol. The maximum absolute atomic E-state index is 9.44. The highest BCUT2D eigenvalue weighted by atomic mass is 32.2. The van der Waals surface area contributed by atoms with Crippen LogP contribution in [0.2, 0.25) is 0 Å². The number of hydrogen-bond acceptors (Lipinski definition) is 4. The molecule has 0 fully saturated rings. The molecule has 4 heteroatoms. The minimum atomic E-state index is 0.0874. The first kappa shape index (κ1) is 13.4. The quantitative estimate of drug-likeness (QED) is 0.895. The van der Waals surface area contributed by atoms with Gasteiger partial charge in [-0.25, -0.2) is 0 Å². The van der Waals surface area contributed by atoms with Gasteiger partial charge in [-0.3, -0.25) is 0 Å². The highest BCUT2D eigenvalue weighted by molar-refractivity contribution is 8.00. The average Bonchev–Trinajstić information content (AvgIpc) is 2.47. The van der Waals surface area contributed by atoms with Crippen LogP contribution in [0.1, 0.15) is 13.3 Å². The van der Waals surface area contributed by atoms with Gasteiger partial charge < -0.3 is 14.6 Å². The lowest BCUT2D eigenvalue weighted by atomic mass is 9.92. The smallest absolute Gasteiger partial charge is 0.175 e. The van der Waals surface area contributed by atoms with E-state index in [2.05, 4.69) is 13.0 Å². The number of hydrogen-bond donors (Lipinski definition) is 1. The van der Waals surface area contributed by atoms with Crippen molar-refractivity contribution >= 4 is 11.8 Å². The number of para-hydroxylation sites is 1. The second kappa shape index (κ2) is 5.44. The van der Waals surface area contributed by atoms with Crippen LogP contribution in [0.3, 0.4) is 0 Å². The minimum absolute atomic E-state index is 0.0874. The summed E-state index contributed by atoms with van der Waals surface area (Å²) in [6.45, 7) is 2.18. The zero-order valence-corrected chi connectivity index (χ0v) is 12.4. The first-order chi connectivity index (χ1) is 9.69. The summed E-state index contributed by atoms with van der Waals surface area (Å²) in [7, 11) is 1.66. The van der Waals surface area contributed by atoms with E-state index in [0.717, 1.165) is 22.8 Å². The lowest BCUT2D eigenvalue weighted by molar-refractivity contribution is 0.141. The number of thioether (sulfide) groups is 1. The van der Waals surface area contributed by atoms with Crippen LogP contribution in [0.25, 0.3) is 0 Å². The number of allylic oxidation sites excluding steroid dienone is 2. The molecule has 0 bridgehead atoms. The zero-order chi connectivity index (χ0) is 14.1. The third-order valence-electron chi connectivity index (χ3n) is 3.73. The summed E-state index contributed by atoms with van der Waals surface area (Å²) >= 11 is 1.82. The third-order valence-corrected chi connectivity index (χ3v) is 4.94. The molecule has 106 valence electrons. The standard InChI is InChI=1S/C16H18O3S/c1-10-15(11-6-8-12(17)9-7-11)19-16-13(18-2)4-3-5-14(16)20-10/h3-6,8-11,15,17H,7H2,1-2H3/t10-,11?,15+/m0/s1. The van der Waals surface area contributed by atoms with E-state index < -0.39 is 0 Å². The van der Waals surface area contributed by atoms with Crippen LogP contribution in [0.5, 0.6) is 11.5 Å². The van der Waals surface area contributed by atoms with Gasteiger partial charge in [0, 0.05) is 11.2 Å². The van der Waals surface area contributed by atoms with Crippen molar-refractivity contribution in [1.82, 2.24) is 0 Å². The molecular weight excluding hydrogens is 272 g/mol. The van der Waals surface area contributed by atoms with Gasteiger partial charge in [-0.1, -0.05) is 12.1 Å². The zero-order valence-electron chi connectivity index (χ0n) is 11.6. The van der Waals surface area contributed by atoms with Gasteiger partial charge in [-0.05, 0) is 37.6 Å². The van der Waals surface area contributed by atoms with Gasteiger partial charge in [-0.2, -0.15) is 0 Å². The number of methoxy groups -OCH3 is 1. The van der Waals surface area contributed by atoms with E-state index in [1.54, 1.807) is 13.2 Å².